The highest BCUT2D eigenvalue weighted by Crippen LogP contribution is 2.42. The van der Waals surface area contributed by atoms with Gasteiger partial charge in [-0.15, -0.1) is 0 Å². The van der Waals surface area contributed by atoms with Gasteiger partial charge in [-0.3, -0.25) is 0 Å². The van der Waals surface area contributed by atoms with E-state index in [4.69, 9.17) is 0 Å². The Morgan fingerprint density at radius 1 is 1.20 bits per heavy atom. The minimum absolute atomic E-state index is 0.700. The molecular weight excluding hydrogens is 242 g/mol. The zero-order valence-electron chi connectivity index (χ0n) is 13.1. The highest BCUT2D eigenvalue weighted by atomic mass is 14.9. The summed E-state index contributed by atoms with van der Waals surface area (Å²) in [6, 6.07) is 9.84. The summed E-state index contributed by atoms with van der Waals surface area (Å²) < 4.78 is 0. The van der Waals surface area contributed by atoms with E-state index in [1.54, 1.807) is 11.1 Å². The van der Waals surface area contributed by atoms with Crippen LogP contribution >= 0.6 is 0 Å². The van der Waals surface area contributed by atoms with Crippen molar-refractivity contribution in [3.05, 3.63) is 35.4 Å². The maximum Gasteiger partial charge on any atom is 0.0164 e. The van der Waals surface area contributed by atoms with Gasteiger partial charge in [0.05, 0.1) is 0 Å². The van der Waals surface area contributed by atoms with Gasteiger partial charge in [0.2, 0.25) is 0 Å². The van der Waals surface area contributed by atoms with Gasteiger partial charge in [-0.05, 0) is 55.2 Å². The van der Waals surface area contributed by atoms with Crippen molar-refractivity contribution in [2.24, 2.45) is 11.8 Å². The molecular formula is C19H29N. The van der Waals surface area contributed by atoms with Crippen LogP contribution in [0.5, 0.6) is 0 Å². The van der Waals surface area contributed by atoms with E-state index >= 15 is 0 Å². The Balaban J connectivity index is 1.80. The van der Waals surface area contributed by atoms with Crippen molar-refractivity contribution in [1.82, 2.24) is 5.32 Å². The van der Waals surface area contributed by atoms with Crippen molar-refractivity contribution in [2.75, 3.05) is 6.54 Å². The van der Waals surface area contributed by atoms with Crippen LogP contribution in [-0.4, -0.2) is 12.6 Å². The molecule has 4 unspecified atom stereocenters. The molecule has 1 N–H and O–H groups in total. The zero-order valence-corrected chi connectivity index (χ0v) is 13.1. The summed E-state index contributed by atoms with van der Waals surface area (Å²) in [5.41, 5.74) is 3.24. The van der Waals surface area contributed by atoms with E-state index < -0.39 is 0 Å². The molecule has 0 bridgehead atoms. The van der Waals surface area contributed by atoms with E-state index in [0.29, 0.717) is 6.04 Å². The molecule has 0 spiro atoms. The van der Waals surface area contributed by atoms with Crippen LogP contribution in [0.15, 0.2) is 24.3 Å². The van der Waals surface area contributed by atoms with Gasteiger partial charge in [0.25, 0.3) is 0 Å². The standard InChI is InChI=1S/C19H29N/c1-3-20-19(16-9-6-7-14(2)13-16)18-12-11-15-8-4-5-10-17(15)18/h4-5,8,10,14,16,18-20H,3,6-7,9,11-13H2,1-2H3. The number of fused-ring (bicyclic) bond motifs is 1. The van der Waals surface area contributed by atoms with Gasteiger partial charge in [0.1, 0.15) is 0 Å². The molecule has 0 aliphatic heterocycles. The predicted molar refractivity (Wildman–Crippen MR) is 86.1 cm³/mol. The van der Waals surface area contributed by atoms with Gasteiger partial charge in [-0.1, -0.05) is 51.0 Å². The van der Waals surface area contributed by atoms with Crippen molar-refractivity contribution in [3.63, 3.8) is 0 Å². The highest BCUT2D eigenvalue weighted by molar-refractivity contribution is 5.36. The topological polar surface area (TPSA) is 12.0 Å². The molecule has 0 radical (unpaired) electrons. The number of hydrogen-bond acceptors (Lipinski definition) is 1. The Morgan fingerprint density at radius 2 is 2.05 bits per heavy atom. The Kier molecular flexibility index (Phi) is 4.45. The third-order valence-corrected chi connectivity index (χ3v) is 5.54. The summed E-state index contributed by atoms with van der Waals surface area (Å²) in [4.78, 5) is 0. The van der Waals surface area contributed by atoms with Gasteiger partial charge >= 0.3 is 0 Å². The summed E-state index contributed by atoms with van der Waals surface area (Å²) in [6.07, 6.45) is 8.36. The fraction of sp³-hybridized carbons (Fsp3) is 0.684. The Labute approximate surface area is 124 Å². The van der Waals surface area contributed by atoms with E-state index in [1.165, 1.54) is 38.5 Å². The molecule has 1 aromatic carbocycles. The monoisotopic (exact) mass is 271 g/mol. The first-order valence-corrected chi connectivity index (χ1v) is 8.60. The van der Waals surface area contributed by atoms with Gasteiger partial charge in [-0.2, -0.15) is 0 Å². The van der Waals surface area contributed by atoms with Crippen LogP contribution in [0.3, 0.4) is 0 Å². The summed E-state index contributed by atoms with van der Waals surface area (Å²) in [5.74, 6) is 2.56. The minimum Gasteiger partial charge on any atom is -0.313 e. The van der Waals surface area contributed by atoms with Crippen molar-refractivity contribution in [1.29, 1.82) is 0 Å². The second kappa shape index (κ2) is 6.30. The van der Waals surface area contributed by atoms with Gasteiger partial charge < -0.3 is 5.32 Å². The summed E-state index contributed by atoms with van der Waals surface area (Å²) >= 11 is 0. The average molecular weight is 271 g/mol. The second-order valence-corrected chi connectivity index (χ2v) is 6.96. The van der Waals surface area contributed by atoms with Gasteiger partial charge in [0.15, 0.2) is 0 Å². The number of likely N-dealkylation sites (N-methyl/N-ethyl adjacent to an activating group) is 1. The largest absolute Gasteiger partial charge is 0.313 e. The number of benzene rings is 1. The highest BCUT2D eigenvalue weighted by Gasteiger charge is 2.35. The van der Waals surface area contributed by atoms with Crippen molar-refractivity contribution in [2.45, 2.75) is 64.3 Å². The van der Waals surface area contributed by atoms with E-state index in [-0.39, 0.29) is 0 Å². The van der Waals surface area contributed by atoms with Crippen LogP contribution in [-0.2, 0) is 6.42 Å². The van der Waals surface area contributed by atoms with Crippen molar-refractivity contribution < 1.29 is 0 Å². The molecule has 1 heteroatoms. The lowest BCUT2D eigenvalue weighted by atomic mass is 9.73. The first kappa shape index (κ1) is 14.1. The van der Waals surface area contributed by atoms with Crippen LogP contribution < -0.4 is 5.32 Å². The number of nitrogens with one attached hydrogen (secondary N) is 1. The Bertz CT molecular complexity index is 439. The number of aryl methyl sites for hydroxylation is 1. The fourth-order valence-electron chi connectivity index (χ4n) is 4.64. The summed E-state index contributed by atoms with van der Waals surface area (Å²) in [6.45, 7) is 5.81. The predicted octanol–water partition coefficient (Wildman–Crippen LogP) is 4.52. The zero-order chi connectivity index (χ0) is 13.9. The third-order valence-electron chi connectivity index (χ3n) is 5.54. The van der Waals surface area contributed by atoms with E-state index in [2.05, 4.69) is 43.4 Å². The van der Waals surface area contributed by atoms with Gasteiger partial charge in [0, 0.05) is 12.0 Å². The first-order chi connectivity index (χ1) is 9.79. The van der Waals surface area contributed by atoms with Crippen LogP contribution in [0, 0.1) is 11.8 Å². The molecule has 0 amide bonds. The molecule has 0 saturated heterocycles. The molecule has 20 heavy (non-hydrogen) atoms. The average Bonchev–Trinajstić information content (AvgIpc) is 2.88. The first-order valence-electron chi connectivity index (χ1n) is 8.60. The summed E-state index contributed by atoms with van der Waals surface area (Å²) in [5, 5.41) is 3.86. The van der Waals surface area contributed by atoms with Crippen LogP contribution in [0.1, 0.15) is 63.0 Å². The lowest BCUT2D eigenvalue weighted by molar-refractivity contribution is 0.202. The van der Waals surface area contributed by atoms with Crippen molar-refractivity contribution >= 4 is 0 Å². The Hall–Kier alpha value is -0.820. The SMILES string of the molecule is CCNC(C1CCCC(C)C1)C1CCc2ccccc21. The molecule has 1 nitrogen and oxygen atoms in total. The molecule has 3 rings (SSSR count). The van der Waals surface area contributed by atoms with Crippen molar-refractivity contribution in [3.8, 4) is 0 Å². The van der Waals surface area contributed by atoms with Crippen LogP contribution in [0.4, 0.5) is 0 Å². The molecule has 2 aliphatic rings. The van der Waals surface area contributed by atoms with Crippen LogP contribution in [0.25, 0.3) is 0 Å². The maximum absolute atomic E-state index is 3.86. The molecule has 2 aliphatic carbocycles. The normalized spacial score (nSPS) is 31.0. The molecule has 110 valence electrons. The second-order valence-electron chi connectivity index (χ2n) is 6.96. The molecule has 1 saturated carbocycles. The molecule has 0 aromatic heterocycles. The molecule has 1 fully saturated rings. The fourth-order valence-corrected chi connectivity index (χ4v) is 4.64. The van der Waals surface area contributed by atoms with Crippen LogP contribution in [0.2, 0.25) is 0 Å². The smallest absolute Gasteiger partial charge is 0.0164 e. The number of hydrogen-bond donors (Lipinski definition) is 1. The lowest BCUT2D eigenvalue weighted by Crippen LogP contribution is -2.42. The van der Waals surface area contributed by atoms with Gasteiger partial charge in [-0.25, -0.2) is 0 Å². The Morgan fingerprint density at radius 3 is 2.85 bits per heavy atom. The van der Waals surface area contributed by atoms with E-state index in [0.717, 1.165) is 24.3 Å². The molecule has 1 aromatic rings. The maximum atomic E-state index is 3.86. The summed E-state index contributed by atoms with van der Waals surface area (Å²) in [7, 11) is 0. The number of rotatable bonds is 4. The third kappa shape index (κ3) is 2.79. The quantitative estimate of drug-likeness (QED) is 0.849. The molecule has 0 heterocycles. The molecule has 4 atom stereocenters. The van der Waals surface area contributed by atoms with E-state index in [1.807, 2.05) is 0 Å². The van der Waals surface area contributed by atoms with E-state index in [9.17, 15) is 0 Å². The lowest BCUT2D eigenvalue weighted by Gasteiger charge is -2.37. The minimum atomic E-state index is 0.700.